The van der Waals surface area contributed by atoms with E-state index >= 15 is 0 Å². The van der Waals surface area contributed by atoms with Crippen molar-refractivity contribution in [2.24, 2.45) is 5.73 Å². The summed E-state index contributed by atoms with van der Waals surface area (Å²) in [5.74, 6) is -0.522. The molecule has 2 unspecified atom stereocenters. The van der Waals surface area contributed by atoms with Crippen LogP contribution in [0.4, 0.5) is 0 Å². The van der Waals surface area contributed by atoms with Gasteiger partial charge in [-0.2, -0.15) is 0 Å². The predicted octanol–water partition coefficient (Wildman–Crippen LogP) is 4.10. The highest BCUT2D eigenvalue weighted by Gasteiger charge is 2.24. The molecule has 10 heteroatoms. The molecule has 0 amide bonds. The van der Waals surface area contributed by atoms with Gasteiger partial charge in [0.2, 0.25) is 0 Å². The average molecular weight is 518 g/mol. The van der Waals surface area contributed by atoms with Gasteiger partial charge in [-0.15, -0.1) is 0 Å². The lowest BCUT2D eigenvalue weighted by atomic mass is 10.1. The van der Waals surface area contributed by atoms with E-state index in [2.05, 4.69) is 28.1 Å². The molecule has 0 aliphatic rings. The normalized spacial score (nSPS) is 15.9. The molecule has 0 aromatic carbocycles. The smallest absolute Gasteiger partial charge is 0.457 e. The van der Waals surface area contributed by atoms with E-state index in [9.17, 15) is 24.5 Å². The fraction of sp³-hybridized carbons (Fsp3) is 0.640. The van der Waals surface area contributed by atoms with Gasteiger partial charge in [-0.05, 0) is 32.1 Å². The van der Waals surface area contributed by atoms with Crippen LogP contribution < -0.4 is 5.73 Å². The number of aliphatic hydroxyl groups is 2. The molecule has 0 rings (SSSR count). The lowest BCUT2D eigenvalue weighted by Crippen LogP contribution is -2.27. The molecular formula is C25H44NO8P. The van der Waals surface area contributed by atoms with Gasteiger partial charge in [-0.1, -0.05) is 74.8 Å². The summed E-state index contributed by atoms with van der Waals surface area (Å²) in [6.45, 7) is 1.05. The Morgan fingerprint density at radius 1 is 1.03 bits per heavy atom. The zero-order valence-corrected chi connectivity index (χ0v) is 21.8. The molecule has 0 radical (unpaired) electrons. The fourth-order valence-corrected chi connectivity index (χ4v) is 3.49. The van der Waals surface area contributed by atoms with Gasteiger partial charge in [0.25, 0.3) is 0 Å². The van der Waals surface area contributed by atoms with E-state index in [1.54, 1.807) is 0 Å². The third-order valence-corrected chi connectivity index (χ3v) is 5.60. The maximum atomic E-state index is 11.9. The maximum absolute atomic E-state index is 11.9. The second kappa shape index (κ2) is 22.9. The van der Waals surface area contributed by atoms with Gasteiger partial charge < -0.3 is 25.6 Å². The van der Waals surface area contributed by atoms with Crippen molar-refractivity contribution in [1.29, 1.82) is 0 Å². The number of carbonyl (C=O) groups excluding carboxylic acids is 1. The summed E-state index contributed by atoms with van der Waals surface area (Å²) >= 11 is 0. The Morgan fingerprint density at radius 2 is 1.74 bits per heavy atom. The fourth-order valence-electron chi connectivity index (χ4n) is 2.73. The Bertz CT molecular complexity index is 693. The van der Waals surface area contributed by atoms with Crippen molar-refractivity contribution in [3.05, 3.63) is 48.6 Å². The minimum absolute atomic E-state index is 0.0536. The first-order valence-electron chi connectivity index (χ1n) is 12.3. The molecule has 0 aromatic rings. The van der Waals surface area contributed by atoms with E-state index in [4.69, 9.17) is 10.5 Å². The molecule has 9 nitrogen and oxygen atoms in total. The first-order chi connectivity index (χ1) is 16.8. The minimum Gasteiger partial charge on any atom is -0.457 e. The van der Waals surface area contributed by atoms with Gasteiger partial charge in [0, 0.05) is 13.0 Å². The van der Waals surface area contributed by atoms with Gasteiger partial charge in [0.05, 0.1) is 25.9 Å². The largest absolute Gasteiger partial charge is 0.472 e. The van der Waals surface area contributed by atoms with E-state index in [1.807, 2.05) is 36.5 Å². The van der Waals surface area contributed by atoms with Gasteiger partial charge in [0.15, 0.2) is 0 Å². The van der Waals surface area contributed by atoms with Crippen LogP contribution in [0.3, 0.4) is 0 Å². The van der Waals surface area contributed by atoms with E-state index in [-0.39, 0.29) is 25.7 Å². The lowest BCUT2D eigenvalue weighted by molar-refractivity contribution is -0.153. The monoisotopic (exact) mass is 517 g/mol. The molecule has 0 aromatic heterocycles. The highest BCUT2D eigenvalue weighted by Crippen LogP contribution is 2.42. The molecule has 0 saturated heterocycles. The Balaban J connectivity index is 3.90. The van der Waals surface area contributed by atoms with E-state index < -0.39 is 33.1 Å². The summed E-state index contributed by atoms with van der Waals surface area (Å²) in [6, 6.07) is 0. The zero-order valence-electron chi connectivity index (χ0n) is 20.9. The number of nitrogens with two attached hydrogens (primary N) is 1. The summed E-state index contributed by atoms with van der Waals surface area (Å²) in [5.41, 5.74) is 5.18. The molecule has 0 bridgehead atoms. The molecule has 3 atom stereocenters. The maximum Gasteiger partial charge on any atom is 0.472 e. The van der Waals surface area contributed by atoms with Crippen LogP contribution in [0, 0.1) is 0 Å². The van der Waals surface area contributed by atoms with E-state index in [1.165, 1.54) is 0 Å². The van der Waals surface area contributed by atoms with E-state index in [0.717, 1.165) is 38.5 Å². The molecule has 0 aliphatic heterocycles. The standard InChI is InChI=1S/C25H44NO8P/c1-2-3-13-16-23(28)17-14-11-9-7-5-4-6-8-10-12-15-18-25(29)34-24(21-27)22-33-35(30,31)32-20-19-26/h4-5,8-11,14,17,23-24,27-28H,2-3,6-7,12-13,15-16,18-22,26H2,1H3,(H,30,31)/b5-4-,10-8+,11-9-,17-14+/t23?,24-/m1/s1. The summed E-state index contributed by atoms with van der Waals surface area (Å²) < 4.78 is 25.8. The lowest BCUT2D eigenvalue weighted by Gasteiger charge is -2.17. The number of carbonyl (C=O) groups is 1. The molecule has 35 heavy (non-hydrogen) atoms. The molecule has 202 valence electrons. The van der Waals surface area contributed by atoms with Gasteiger partial charge >= 0.3 is 13.8 Å². The Kier molecular flexibility index (Phi) is 21.8. The topological polar surface area (TPSA) is 149 Å². The van der Waals surface area contributed by atoms with Gasteiger partial charge in [-0.25, -0.2) is 4.57 Å². The molecule has 0 saturated carbocycles. The highest BCUT2D eigenvalue weighted by atomic mass is 31.2. The van der Waals surface area contributed by atoms with Crippen LogP contribution in [-0.4, -0.2) is 59.6 Å². The Labute approximate surface area is 210 Å². The van der Waals surface area contributed by atoms with Crippen LogP contribution in [0.1, 0.15) is 64.7 Å². The SMILES string of the molecule is CCCCCC(O)/C=C/C=C\C/C=C\C/C=C/CCCC(=O)O[C@H](CO)COP(=O)(O)OCCN. The zero-order chi connectivity index (χ0) is 26.2. The van der Waals surface area contributed by atoms with Crippen LogP contribution >= 0.6 is 7.82 Å². The van der Waals surface area contributed by atoms with Crippen LogP contribution in [0.15, 0.2) is 48.6 Å². The molecule has 0 fully saturated rings. The average Bonchev–Trinajstić information content (AvgIpc) is 2.83. The molecule has 5 N–H and O–H groups in total. The Morgan fingerprint density at radius 3 is 2.43 bits per heavy atom. The molecule has 0 aliphatic carbocycles. The van der Waals surface area contributed by atoms with Crippen LogP contribution in [-0.2, 0) is 23.1 Å². The number of esters is 1. The first-order valence-corrected chi connectivity index (χ1v) is 13.8. The van der Waals surface area contributed by atoms with Crippen LogP contribution in [0.25, 0.3) is 0 Å². The van der Waals surface area contributed by atoms with E-state index in [0.29, 0.717) is 12.8 Å². The minimum atomic E-state index is -4.29. The number of unbranched alkanes of at least 4 members (excludes halogenated alkanes) is 3. The van der Waals surface area contributed by atoms with Crippen molar-refractivity contribution >= 4 is 13.8 Å². The van der Waals surface area contributed by atoms with Gasteiger partial charge in [-0.3, -0.25) is 13.8 Å². The summed E-state index contributed by atoms with van der Waals surface area (Å²) in [6.07, 6.45) is 21.6. The van der Waals surface area contributed by atoms with Crippen molar-refractivity contribution in [3.63, 3.8) is 0 Å². The van der Waals surface area contributed by atoms with Crippen molar-refractivity contribution < 1.29 is 38.3 Å². The van der Waals surface area contributed by atoms with Crippen molar-refractivity contribution in [1.82, 2.24) is 0 Å². The number of ether oxygens (including phenoxy) is 1. The predicted molar refractivity (Wildman–Crippen MR) is 138 cm³/mol. The summed E-state index contributed by atoms with van der Waals surface area (Å²) in [4.78, 5) is 21.3. The van der Waals surface area contributed by atoms with Gasteiger partial charge in [0.1, 0.15) is 6.10 Å². The second-order valence-electron chi connectivity index (χ2n) is 7.86. The number of allylic oxidation sites excluding steroid dienone is 7. The quantitative estimate of drug-likeness (QED) is 0.0547. The number of hydrogen-bond acceptors (Lipinski definition) is 8. The number of phosphoric acid groups is 1. The Hall–Kier alpha value is -1.58. The van der Waals surface area contributed by atoms with Crippen molar-refractivity contribution in [2.75, 3.05) is 26.4 Å². The summed E-state index contributed by atoms with van der Waals surface area (Å²) in [7, 11) is -4.29. The third kappa shape index (κ3) is 22.6. The first kappa shape index (κ1) is 33.4. The second-order valence-corrected chi connectivity index (χ2v) is 9.32. The molecule has 0 heterocycles. The molecular weight excluding hydrogens is 473 g/mol. The van der Waals surface area contributed by atoms with Crippen molar-refractivity contribution in [2.45, 2.75) is 76.9 Å². The summed E-state index contributed by atoms with van der Waals surface area (Å²) in [5, 5.41) is 19.0. The molecule has 0 spiro atoms. The number of phosphoric ester groups is 1. The van der Waals surface area contributed by atoms with Crippen LogP contribution in [0.5, 0.6) is 0 Å². The highest BCUT2D eigenvalue weighted by molar-refractivity contribution is 7.47. The number of hydrogen-bond donors (Lipinski definition) is 4. The third-order valence-electron chi connectivity index (χ3n) is 4.61. The van der Waals surface area contributed by atoms with Crippen LogP contribution in [0.2, 0.25) is 0 Å². The number of aliphatic hydroxyl groups excluding tert-OH is 2. The van der Waals surface area contributed by atoms with Crippen molar-refractivity contribution in [3.8, 4) is 0 Å². The number of rotatable bonds is 22.